The number of rotatable bonds is 6. The maximum atomic E-state index is 2.44. The van der Waals surface area contributed by atoms with Gasteiger partial charge in [-0.3, -0.25) is 0 Å². The predicted octanol–water partition coefficient (Wildman–Crippen LogP) is 19.4. The van der Waals surface area contributed by atoms with Crippen LogP contribution in [0.25, 0.3) is 120 Å². The van der Waals surface area contributed by atoms with Crippen molar-refractivity contribution in [2.24, 2.45) is 0 Å². The number of fused-ring (bicyclic) bond motifs is 8. The molecule has 0 N–H and O–H groups in total. The van der Waals surface area contributed by atoms with Crippen LogP contribution in [-0.4, -0.2) is 0 Å². The first-order valence-electron chi connectivity index (χ1n) is 23.9. The van der Waals surface area contributed by atoms with Crippen LogP contribution < -0.4 is 4.90 Å². The van der Waals surface area contributed by atoms with Crippen LogP contribution in [-0.2, 0) is 0 Å². The van der Waals surface area contributed by atoms with E-state index in [1.165, 1.54) is 125 Å². The Labute approximate surface area is 400 Å². The van der Waals surface area contributed by atoms with Gasteiger partial charge in [0.25, 0.3) is 0 Å². The highest BCUT2D eigenvalue weighted by Crippen LogP contribution is 2.55. The predicted molar refractivity (Wildman–Crippen MR) is 297 cm³/mol. The monoisotopic (exact) mass is 873 g/mol. The number of nitrogens with zero attached hydrogens (tertiary/aromatic N) is 1. The Kier molecular flexibility index (Phi) is 8.97. The second kappa shape index (κ2) is 15.8. The second-order valence-corrected chi connectivity index (χ2v) is 18.2. The Balaban J connectivity index is 1.12. The third kappa shape index (κ3) is 5.97. The highest BCUT2D eigenvalue weighted by Gasteiger charge is 2.27. The second-order valence-electron chi connectivity index (χ2n) is 18.2. The standard InChI is InChI=1S/C68H43N/c1-3-25-46(26-4-1)69(47-27-5-2-6-28-47)68-60-41-21-19-39-58(60)67(59-40-20-22-42-61(59)68)66-56-37-17-15-35-54(56)65(55-36-16-18-38-57(55)66)64-52-33-13-11-31-50(52)63(51-32-12-14-34-53(51)64)62-48-29-9-7-23-44(48)43-45-24-8-10-30-49(45)62/h1-43H. The summed E-state index contributed by atoms with van der Waals surface area (Å²) in [4.78, 5) is 2.44. The van der Waals surface area contributed by atoms with E-state index in [0.29, 0.717) is 0 Å². The van der Waals surface area contributed by atoms with E-state index in [1.807, 2.05) is 0 Å². The average molecular weight is 874 g/mol. The van der Waals surface area contributed by atoms with Crippen LogP contribution >= 0.6 is 0 Å². The lowest BCUT2D eigenvalue weighted by molar-refractivity contribution is 1.31. The van der Waals surface area contributed by atoms with Gasteiger partial charge in [0.05, 0.1) is 5.69 Å². The van der Waals surface area contributed by atoms with Gasteiger partial charge in [-0.15, -0.1) is 0 Å². The lowest BCUT2D eigenvalue weighted by Gasteiger charge is -2.30. The molecule has 14 aromatic carbocycles. The van der Waals surface area contributed by atoms with Gasteiger partial charge in [-0.2, -0.15) is 0 Å². The first-order chi connectivity index (χ1) is 34.3. The quantitative estimate of drug-likeness (QED) is 0.151. The molecule has 320 valence electrons. The number of anilines is 3. The summed E-state index contributed by atoms with van der Waals surface area (Å²) < 4.78 is 0. The average Bonchev–Trinajstić information content (AvgIpc) is 3.42. The number of hydrogen-bond acceptors (Lipinski definition) is 1. The zero-order chi connectivity index (χ0) is 45.4. The molecule has 0 amide bonds. The molecule has 0 fully saturated rings. The zero-order valence-corrected chi connectivity index (χ0v) is 37.8. The minimum atomic E-state index is 1.12. The van der Waals surface area contributed by atoms with Crippen molar-refractivity contribution < 1.29 is 0 Å². The minimum absolute atomic E-state index is 1.12. The number of para-hydroxylation sites is 2. The molecule has 0 aromatic heterocycles. The van der Waals surface area contributed by atoms with Gasteiger partial charge >= 0.3 is 0 Å². The molecule has 69 heavy (non-hydrogen) atoms. The lowest BCUT2D eigenvalue weighted by atomic mass is 9.79. The Hall–Kier alpha value is -9.04. The van der Waals surface area contributed by atoms with Crippen molar-refractivity contribution in [1.82, 2.24) is 0 Å². The molecule has 0 unspecified atom stereocenters. The molecule has 1 heteroatoms. The number of hydrogen-bond donors (Lipinski definition) is 0. The molecular weight excluding hydrogens is 831 g/mol. The van der Waals surface area contributed by atoms with E-state index in [9.17, 15) is 0 Å². The molecule has 0 saturated carbocycles. The molecule has 0 aliphatic rings. The topological polar surface area (TPSA) is 3.24 Å². The van der Waals surface area contributed by atoms with Gasteiger partial charge in [0.1, 0.15) is 0 Å². The van der Waals surface area contributed by atoms with E-state index >= 15 is 0 Å². The van der Waals surface area contributed by atoms with Crippen LogP contribution in [0.3, 0.4) is 0 Å². The van der Waals surface area contributed by atoms with Gasteiger partial charge in [-0.25, -0.2) is 0 Å². The van der Waals surface area contributed by atoms with E-state index < -0.39 is 0 Å². The first-order valence-corrected chi connectivity index (χ1v) is 23.9. The van der Waals surface area contributed by atoms with Crippen molar-refractivity contribution in [3.63, 3.8) is 0 Å². The fourth-order valence-electron chi connectivity index (χ4n) is 11.8. The highest BCUT2D eigenvalue weighted by molar-refractivity contribution is 6.35. The third-order valence-corrected chi connectivity index (χ3v) is 14.5. The molecule has 0 spiro atoms. The summed E-state index contributed by atoms with van der Waals surface area (Å²) in [6, 6.07) is 96.5. The Morgan fingerprint density at radius 1 is 0.174 bits per heavy atom. The van der Waals surface area contributed by atoms with Gasteiger partial charge < -0.3 is 4.90 Å². The zero-order valence-electron chi connectivity index (χ0n) is 37.8. The maximum Gasteiger partial charge on any atom is 0.0618 e. The van der Waals surface area contributed by atoms with Crippen molar-refractivity contribution >= 4 is 103 Å². The van der Waals surface area contributed by atoms with Crippen LogP contribution in [0.1, 0.15) is 0 Å². The SMILES string of the molecule is c1ccc(N(c2ccccc2)c2c3ccccc3c(-c3c4ccccc4c(-c4c5ccccc5c(-c5c6ccccc6cc6ccccc56)c5ccccc45)c4ccccc34)c3ccccc23)cc1. The summed E-state index contributed by atoms with van der Waals surface area (Å²) in [5.74, 6) is 0. The van der Waals surface area contributed by atoms with Gasteiger partial charge in [-0.05, 0) is 139 Å². The highest BCUT2D eigenvalue weighted by atomic mass is 15.1. The van der Waals surface area contributed by atoms with Gasteiger partial charge in [0.15, 0.2) is 0 Å². The molecule has 1 nitrogen and oxygen atoms in total. The van der Waals surface area contributed by atoms with Crippen LogP contribution in [0.4, 0.5) is 17.1 Å². The molecule has 0 radical (unpaired) electrons. The van der Waals surface area contributed by atoms with E-state index in [4.69, 9.17) is 0 Å². The van der Waals surface area contributed by atoms with Crippen LogP contribution in [0, 0.1) is 0 Å². The van der Waals surface area contributed by atoms with E-state index in [2.05, 4.69) is 266 Å². The van der Waals surface area contributed by atoms with E-state index in [-0.39, 0.29) is 0 Å². The van der Waals surface area contributed by atoms with Crippen LogP contribution in [0.5, 0.6) is 0 Å². The summed E-state index contributed by atoms with van der Waals surface area (Å²) in [6.45, 7) is 0. The molecule has 0 atom stereocenters. The molecule has 0 heterocycles. The maximum absolute atomic E-state index is 2.44. The Morgan fingerprint density at radius 2 is 0.377 bits per heavy atom. The molecule has 0 bridgehead atoms. The molecule has 0 aliphatic heterocycles. The van der Waals surface area contributed by atoms with Crippen molar-refractivity contribution in [3.05, 3.63) is 261 Å². The normalized spacial score (nSPS) is 11.8. The Bertz CT molecular complexity index is 4100. The fourth-order valence-corrected chi connectivity index (χ4v) is 11.8. The summed E-state index contributed by atoms with van der Waals surface area (Å²) in [6.07, 6.45) is 0. The van der Waals surface area contributed by atoms with E-state index in [1.54, 1.807) is 0 Å². The minimum Gasteiger partial charge on any atom is -0.309 e. The van der Waals surface area contributed by atoms with Crippen molar-refractivity contribution in [3.8, 4) is 33.4 Å². The lowest BCUT2D eigenvalue weighted by Crippen LogP contribution is -2.11. The molecular formula is C68H43N. The molecule has 0 saturated heterocycles. The number of benzene rings is 14. The van der Waals surface area contributed by atoms with Crippen LogP contribution in [0.2, 0.25) is 0 Å². The van der Waals surface area contributed by atoms with Gasteiger partial charge in [-0.1, -0.05) is 231 Å². The van der Waals surface area contributed by atoms with Gasteiger partial charge in [0.2, 0.25) is 0 Å². The Morgan fingerprint density at radius 3 is 0.667 bits per heavy atom. The van der Waals surface area contributed by atoms with Crippen molar-refractivity contribution in [2.75, 3.05) is 4.90 Å². The fraction of sp³-hybridized carbons (Fsp3) is 0. The smallest absolute Gasteiger partial charge is 0.0618 e. The summed E-state index contributed by atoms with van der Waals surface area (Å²) in [5, 5.41) is 19.8. The molecule has 14 aromatic rings. The van der Waals surface area contributed by atoms with Crippen molar-refractivity contribution in [1.29, 1.82) is 0 Å². The first kappa shape index (κ1) is 39.2. The molecule has 14 rings (SSSR count). The summed E-state index contributed by atoms with van der Waals surface area (Å²) in [5.41, 5.74) is 11.0. The van der Waals surface area contributed by atoms with E-state index in [0.717, 1.165) is 11.4 Å². The summed E-state index contributed by atoms with van der Waals surface area (Å²) in [7, 11) is 0. The largest absolute Gasteiger partial charge is 0.309 e. The van der Waals surface area contributed by atoms with Gasteiger partial charge in [0, 0.05) is 22.1 Å². The third-order valence-electron chi connectivity index (χ3n) is 14.5. The molecule has 0 aliphatic carbocycles. The van der Waals surface area contributed by atoms with Crippen molar-refractivity contribution in [2.45, 2.75) is 0 Å². The summed E-state index contributed by atoms with van der Waals surface area (Å²) >= 11 is 0. The van der Waals surface area contributed by atoms with Crippen LogP contribution in [0.15, 0.2) is 261 Å².